The van der Waals surface area contributed by atoms with Crippen molar-refractivity contribution < 1.29 is 4.79 Å². The molecule has 0 atom stereocenters. The highest BCUT2D eigenvalue weighted by atomic mass is 32.1. The van der Waals surface area contributed by atoms with Gasteiger partial charge in [-0.05, 0) is 68.4 Å². The molecule has 9 heteroatoms. The molecule has 3 aromatic rings. The summed E-state index contributed by atoms with van der Waals surface area (Å²) in [7, 11) is 0. The topological polar surface area (TPSA) is 95.9 Å². The number of aromatic nitrogens is 4. The molecule has 2 aromatic heterocycles. The summed E-state index contributed by atoms with van der Waals surface area (Å²) in [4.78, 5) is 24.7. The maximum Gasteiger partial charge on any atom is 0.269 e. The summed E-state index contributed by atoms with van der Waals surface area (Å²) in [5.74, 6) is 1.38. The molecule has 1 fully saturated rings. The van der Waals surface area contributed by atoms with E-state index in [1.54, 1.807) is 0 Å². The van der Waals surface area contributed by atoms with Crippen LogP contribution in [0.2, 0.25) is 0 Å². The molecule has 1 aromatic carbocycles. The minimum atomic E-state index is -0.174. The monoisotopic (exact) mass is 437 g/mol. The lowest BCUT2D eigenvalue weighted by Crippen LogP contribution is -2.30. The zero-order valence-electron chi connectivity index (χ0n) is 17.9. The Morgan fingerprint density at radius 1 is 1.10 bits per heavy atom. The summed E-state index contributed by atoms with van der Waals surface area (Å²) in [6, 6.07) is 9.56. The molecule has 31 heavy (non-hydrogen) atoms. The van der Waals surface area contributed by atoms with E-state index >= 15 is 0 Å². The number of rotatable bonds is 7. The Balaban J connectivity index is 1.42. The third-order valence-electron chi connectivity index (χ3n) is 5.17. The number of amides is 1. The van der Waals surface area contributed by atoms with Crippen LogP contribution in [-0.2, 0) is 6.42 Å². The number of piperidine rings is 1. The molecule has 0 bridgehead atoms. The highest BCUT2D eigenvalue weighted by Gasteiger charge is 2.16. The van der Waals surface area contributed by atoms with Crippen molar-refractivity contribution in [3.63, 3.8) is 0 Å². The number of hydrogen-bond acceptors (Lipinski definition) is 8. The Bertz CT molecular complexity index is 1030. The number of carbonyl (C=O) groups is 1. The molecule has 0 spiro atoms. The Labute approximate surface area is 186 Å². The lowest BCUT2D eigenvalue weighted by Gasteiger charge is -2.28. The summed E-state index contributed by atoms with van der Waals surface area (Å²) in [6.45, 7) is 6.12. The van der Waals surface area contributed by atoms with E-state index in [0.29, 0.717) is 16.5 Å². The van der Waals surface area contributed by atoms with E-state index in [0.717, 1.165) is 60.4 Å². The van der Waals surface area contributed by atoms with Gasteiger partial charge in [0, 0.05) is 36.2 Å². The largest absolute Gasteiger partial charge is 0.356 e. The van der Waals surface area contributed by atoms with E-state index in [1.807, 2.05) is 37.3 Å². The minimum Gasteiger partial charge on any atom is -0.356 e. The van der Waals surface area contributed by atoms with Gasteiger partial charge in [0.05, 0.1) is 5.69 Å². The number of benzene rings is 1. The Morgan fingerprint density at radius 2 is 1.84 bits per heavy atom. The molecule has 0 unspecified atom stereocenters. The molecule has 0 aliphatic carbocycles. The molecule has 1 amide bonds. The maximum absolute atomic E-state index is 12.6. The van der Waals surface area contributed by atoms with Gasteiger partial charge in [0.1, 0.15) is 10.7 Å². The van der Waals surface area contributed by atoms with Crippen molar-refractivity contribution in [3.8, 4) is 0 Å². The maximum atomic E-state index is 12.6. The highest BCUT2D eigenvalue weighted by molar-refractivity contribution is 7.08. The van der Waals surface area contributed by atoms with Crippen molar-refractivity contribution in [2.75, 3.05) is 28.6 Å². The smallest absolute Gasteiger partial charge is 0.269 e. The predicted molar refractivity (Wildman–Crippen MR) is 124 cm³/mol. The van der Waals surface area contributed by atoms with Crippen molar-refractivity contribution >= 4 is 40.6 Å². The first-order valence-electron chi connectivity index (χ1n) is 10.7. The fraction of sp³-hybridized carbons (Fsp3) is 0.409. The van der Waals surface area contributed by atoms with E-state index in [1.165, 1.54) is 19.3 Å². The number of nitrogens with one attached hydrogen (secondary N) is 2. The van der Waals surface area contributed by atoms with Gasteiger partial charge in [-0.3, -0.25) is 4.79 Å². The number of aryl methyl sites for hydroxylation is 2. The molecule has 1 aliphatic rings. The molecule has 4 rings (SSSR count). The van der Waals surface area contributed by atoms with Gasteiger partial charge >= 0.3 is 0 Å². The van der Waals surface area contributed by atoms with Crippen LogP contribution in [0, 0.1) is 6.92 Å². The summed E-state index contributed by atoms with van der Waals surface area (Å²) in [5, 5.41) is 10.3. The van der Waals surface area contributed by atoms with Crippen LogP contribution in [0.3, 0.4) is 0 Å². The second-order valence-electron chi connectivity index (χ2n) is 7.69. The number of carbonyl (C=O) groups excluding carboxylic acids is 1. The number of nitrogens with zero attached hydrogens (tertiary/aromatic N) is 5. The predicted octanol–water partition coefficient (Wildman–Crippen LogP) is 4.58. The van der Waals surface area contributed by atoms with Crippen LogP contribution in [0.25, 0.3) is 0 Å². The summed E-state index contributed by atoms with van der Waals surface area (Å²) < 4.78 is 3.92. The average molecular weight is 438 g/mol. The molecule has 1 aliphatic heterocycles. The van der Waals surface area contributed by atoms with Gasteiger partial charge in [0.15, 0.2) is 0 Å². The van der Waals surface area contributed by atoms with Crippen LogP contribution in [0.4, 0.5) is 23.1 Å². The van der Waals surface area contributed by atoms with Gasteiger partial charge in [-0.2, -0.15) is 4.98 Å². The molecule has 0 radical (unpaired) electrons. The first-order valence-corrected chi connectivity index (χ1v) is 11.5. The quantitative estimate of drug-likeness (QED) is 0.559. The zero-order chi connectivity index (χ0) is 21.6. The molecule has 8 nitrogen and oxygen atoms in total. The molecule has 1 saturated heterocycles. The van der Waals surface area contributed by atoms with Crippen LogP contribution in [0.15, 0.2) is 30.3 Å². The van der Waals surface area contributed by atoms with E-state index < -0.39 is 0 Å². The highest BCUT2D eigenvalue weighted by Crippen LogP contribution is 2.23. The minimum absolute atomic E-state index is 0.174. The third kappa shape index (κ3) is 5.35. The first kappa shape index (κ1) is 21.2. The SMILES string of the molecule is CCCc1nnsc1C(=O)Nc1ccc(Nc2nc(C)cc(N3CCCCC3)n2)cc1. The van der Waals surface area contributed by atoms with E-state index in [9.17, 15) is 4.79 Å². The van der Waals surface area contributed by atoms with Gasteiger partial charge in [0.2, 0.25) is 5.95 Å². The second kappa shape index (κ2) is 9.82. The van der Waals surface area contributed by atoms with Gasteiger partial charge < -0.3 is 15.5 Å². The molecular formula is C22H27N7OS. The standard InChI is InChI=1S/C22H27N7OS/c1-3-7-18-20(31-28-27-18)21(30)24-16-8-10-17(11-9-16)25-22-23-15(2)14-19(26-22)29-12-5-4-6-13-29/h8-11,14H,3-7,12-13H2,1-2H3,(H,24,30)(H,23,25,26). The lowest BCUT2D eigenvalue weighted by molar-refractivity contribution is 0.102. The van der Waals surface area contributed by atoms with Crippen molar-refractivity contribution in [3.05, 3.63) is 46.6 Å². The average Bonchev–Trinajstić information content (AvgIpc) is 3.24. The van der Waals surface area contributed by atoms with Gasteiger partial charge in [0.25, 0.3) is 5.91 Å². The van der Waals surface area contributed by atoms with Gasteiger partial charge in [-0.1, -0.05) is 17.8 Å². The van der Waals surface area contributed by atoms with Gasteiger partial charge in [-0.15, -0.1) is 5.10 Å². The molecule has 2 N–H and O–H groups in total. The van der Waals surface area contributed by atoms with Crippen LogP contribution in [0.5, 0.6) is 0 Å². The van der Waals surface area contributed by atoms with Crippen LogP contribution >= 0.6 is 11.5 Å². The Hall–Kier alpha value is -3.07. The fourth-order valence-corrected chi connectivity index (χ4v) is 4.23. The van der Waals surface area contributed by atoms with Crippen molar-refractivity contribution in [1.29, 1.82) is 0 Å². The fourth-order valence-electron chi connectivity index (χ4n) is 3.63. The zero-order valence-corrected chi connectivity index (χ0v) is 18.7. The van der Waals surface area contributed by atoms with E-state index in [4.69, 9.17) is 4.98 Å². The molecule has 0 saturated carbocycles. The Morgan fingerprint density at radius 3 is 2.58 bits per heavy atom. The summed E-state index contributed by atoms with van der Waals surface area (Å²) in [6.07, 6.45) is 5.37. The van der Waals surface area contributed by atoms with Crippen LogP contribution < -0.4 is 15.5 Å². The third-order valence-corrected chi connectivity index (χ3v) is 5.94. The normalized spacial score (nSPS) is 13.8. The van der Waals surface area contributed by atoms with E-state index in [-0.39, 0.29) is 5.91 Å². The number of anilines is 4. The second-order valence-corrected chi connectivity index (χ2v) is 8.45. The molecular weight excluding hydrogens is 410 g/mol. The first-order chi connectivity index (χ1) is 15.1. The van der Waals surface area contributed by atoms with Crippen molar-refractivity contribution in [2.24, 2.45) is 0 Å². The van der Waals surface area contributed by atoms with Crippen molar-refractivity contribution in [1.82, 2.24) is 19.6 Å². The number of hydrogen-bond donors (Lipinski definition) is 2. The van der Waals surface area contributed by atoms with Crippen LogP contribution in [-0.4, -0.2) is 38.6 Å². The van der Waals surface area contributed by atoms with E-state index in [2.05, 4.69) is 37.0 Å². The van der Waals surface area contributed by atoms with Crippen molar-refractivity contribution in [2.45, 2.75) is 46.0 Å². The van der Waals surface area contributed by atoms with Gasteiger partial charge in [-0.25, -0.2) is 4.98 Å². The Kier molecular flexibility index (Phi) is 6.71. The summed E-state index contributed by atoms with van der Waals surface area (Å²) in [5.41, 5.74) is 3.26. The van der Waals surface area contributed by atoms with Crippen LogP contribution in [0.1, 0.15) is 53.7 Å². The molecule has 3 heterocycles. The lowest BCUT2D eigenvalue weighted by atomic mass is 10.1. The summed E-state index contributed by atoms with van der Waals surface area (Å²) >= 11 is 1.13. The molecule has 162 valence electrons.